The third-order valence-corrected chi connectivity index (χ3v) is 7.46. The molecule has 0 bridgehead atoms. The number of aliphatic carboxylic acids is 1. The van der Waals surface area contributed by atoms with Gasteiger partial charge in [0, 0.05) is 37.9 Å². The van der Waals surface area contributed by atoms with Gasteiger partial charge in [-0.05, 0) is 56.2 Å². The van der Waals surface area contributed by atoms with Gasteiger partial charge in [-0.2, -0.15) is 0 Å². The number of rotatable bonds is 2. The van der Waals surface area contributed by atoms with Gasteiger partial charge in [0.05, 0.1) is 5.92 Å². The first kappa shape index (κ1) is 18.0. The molecule has 6 nitrogen and oxygen atoms in total. The second-order valence-electron chi connectivity index (χ2n) is 9.31. The number of hydrogen-bond acceptors (Lipinski definition) is 4. The number of amides is 1. The average molecular weight is 383 g/mol. The first-order valence-electron chi connectivity index (χ1n) is 10.5. The Morgan fingerprint density at radius 1 is 1.18 bits per heavy atom. The van der Waals surface area contributed by atoms with Crippen molar-refractivity contribution in [2.75, 3.05) is 38.1 Å². The van der Waals surface area contributed by atoms with Crippen molar-refractivity contribution in [3.8, 4) is 0 Å². The van der Waals surface area contributed by atoms with Crippen molar-refractivity contribution in [2.45, 2.75) is 44.2 Å². The van der Waals surface area contributed by atoms with Crippen molar-refractivity contribution in [3.05, 3.63) is 29.8 Å². The van der Waals surface area contributed by atoms with Gasteiger partial charge < -0.3 is 14.9 Å². The molecule has 1 spiro atoms. The SMILES string of the molecule is CN1CC2(CC2)CC(C(=O)O)C1C(=O)N1CCN2c3ccccc3CCC2C1. The number of para-hydroxylation sites is 1. The van der Waals surface area contributed by atoms with Gasteiger partial charge in [-0.1, -0.05) is 18.2 Å². The van der Waals surface area contributed by atoms with Crippen LogP contribution in [0.3, 0.4) is 0 Å². The maximum absolute atomic E-state index is 13.4. The molecular weight excluding hydrogens is 354 g/mol. The third-order valence-electron chi connectivity index (χ3n) is 7.46. The van der Waals surface area contributed by atoms with E-state index in [4.69, 9.17) is 0 Å². The molecule has 2 saturated heterocycles. The van der Waals surface area contributed by atoms with E-state index >= 15 is 0 Å². The lowest BCUT2D eigenvalue weighted by Gasteiger charge is -2.48. The lowest BCUT2D eigenvalue weighted by molar-refractivity contribution is -0.156. The van der Waals surface area contributed by atoms with Gasteiger partial charge in [0.1, 0.15) is 6.04 Å². The van der Waals surface area contributed by atoms with Crippen molar-refractivity contribution in [1.82, 2.24) is 9.80 Å². The van der Waals surface area contributed by atoms with Gasteiger partial charge >= 0.3 is 5.97 Å². The Bertz CT molecular complexity index is 806. The zero-order chi connectivity index (χ0) is 19.5. The predicted molar refractivity (Wildman–Crippen MR) is 106 cm³/mol. The second-order valence-corrected chi connectivity index (χ2v) is 9.31. The van der Waals surface area contributed by atoms with Gasteiger partial charge in [0.2, 0.25) is 5.91 Å². The smallest absolute Gasteiger partial charge is 0.308 e. The Labute approximate surface area is 166 Å². The number of benzene rings is 1. The number of likely N-dealkylation sites (N-methyl/N-ethyl adjacent to an activating group) is 1. The lowest BCUT2D eigenvalue weighted by atomic mass is 9.80. The molecular formula is C22H29N3O3. The van der Waals surface area contributed by atoms with E-state index in [0.717, 1.165) is 38.8 Å². The molecule has 6 heteroatoms. The Balaban J connectivity index is 1.33. The second kappa shape index (κ2) is 6.48. The highest BCUT2D eigenvalue weighted by molar-refractivity contribution is 5.88. The van der Waals surface area contributed by atoms with Gasteiger partial charge in [-0.15, -0.1) is 0 Å². The van der Waals surface area contributed by atoms with Crippen LogP contribution in [0.4, 0.5) is 5.69 Å². The summed E-state index contributed by atoms with van der Waals surface area (Å²) >= 11 is 0. The largest absolute Gasteiger partial charge is 0.481 e. The van der Waals surface area contributed by atoms with E-state index in [9.17, 15) is 14.7 Å². The van der Waals surface area contributed by atoms with Crippen LogP contribution in [0.15, 0.2) is 24.3 Å². The first-order chi connectivity index (χ1) is 13.5. The summed E-state index contributed by atoms with van der Waals surface area (Å²) in [7, 11) is 1.94. The van der Waals surface area contributed by atoms with E-state index in [-0.39, 0.29) is 11.3 Å². The van der Waals surface area contributed by atoms with Crippen molar-refractivity contribution >= 4 is 17.6 Å². The molecule has 1 saturated carbocycles. The number of piperazine rings is 1. The number of aryl methyl sites for hydroxylation is 1. The van der Waals surface area contributed by atoms with E-state index in [1.807, 2.05) is 16.8 Å². The molecule has 3 heterocycles. The summed E-state index contributed by atoms with van der Waals surface area (Å²) in [6.07, 6.45) is 4.94. The van der Waals surface area contributed by atoms with Crippen LogP contribution in [0.2, 0.25) is 0 Å². The van der Waals surface area contributed by atoms with Crippen molar-refractivity contribution in [2.24, 2.45) is 11.3 Å². The number of carboxylic acids is 1. The summed E-state index contributed by atoms with van der Waals surface area (Å²) in [6, 6.07) is 8.37. The molecule has 1 aromatic carbocycles. The summed E-state index contributed by atoms with van der Waals surface area (Å²) < 4.78 is 0. The number of fused-ring (bicyclic) bond motifs is 3. The standard InChI is InChI=1S/C22H29N3O3/c1-23-14-22(8-9-22)12-17(21(27)28)19(23)20(26)24-10-11-25-16(13-24)7-6-15-4-2-3-5-18(15)25/h2-5,16-17,19H,6-14H2,1H3,(H,27,28). The number of likely N-dealkylation sites (tertiary alicyclic amines) is 1. The average Bonchev–Trinajstić information content (AvgIpc) is 3.44. The van der Waals surface area contributed by atoms with Crippen LogP contribution >= 0.6 is 0 Å². The summed E-state index contributed by atoms with van der Waals surface area (Å²) in [4.78, 5) is 31.8. The molecule has 0 radical (unpaired) electrons. The van der Waals surface area contributed by atoms with Gasteiger partial charge in [-0.25, -0.2) is 0 Å². The minimum absolute atomic E-state index is 0.0175. The van der Waals surface area contributed by atoms with Gasteiger partial charge in [0.25, 0.3) is 0 Å². The van der Waals surface area contributed by atoms with E-state index in [1.165, 1.54) is 11.3 Å². The zero-order valence-electron chi connectivity index (χ0n) is 16.5. The molecule has 1 aliphatic carbocycles. The monoisotopic (exact) mass is 383 g/mol. The molecule has 5 rings (SSSR count). The van der Waals surface area contributed by atoms with E-state index in [1.54, 1.807) is 0 Å². The molecule has 1 amide bonds. The summed E-state index contributed by atoms with van der Waals surface area (Å²) in [5.74, 6) is -1.39. The van der Waals surface area contributed by atoms with Crippen molar-refractivity contribution in [1.29, 1.82) is 0 Å². The number of piperidine rings is 1. The fraction of sp³-hybridized carbons (Fsp3) is 0.636. The van der Waals surface area contributed by atoms with E-state index < -0.39 is 17.9 Å². The molecule has 0 aromatic heterocycles. The molecule has 3 aliphatic heterocycles. The van der Waals surface area contributed by atoms with Crippen LogP contribution in [-0.4, -0.2) is 72.1 Å². The quantitative estimate of drug-likeness (QED) is 0.844. The van der Waals surface area contributed by atoms with E-state index in [0.29, 0.717) is 25.6 Å². The van der Waals surface area contributed by atoms with Crippen LogP contribution in [0, 0.1) is 11.3 Å². The number of nitrogens with zero attached hydrogens (tertiary/aromatic N) is 3. The topological polar surface area (TPSA) is 64.1 Å². The van der Waals surface area contributed by atoms with E-state index in [2.05, 4.69) is 29.2 Å². The summed E-state index contributed by atoms with van der Waals surface area (Å²) in [6.45, 7) is 3.05. The van der Waals surface area contributed by atoms with Gasteiger partial charge in [-0.3, -0.25) is 14.5 Å². The number of carboxylic acid groups (broad SMARTS) is 1. The summed E-state index contributed by atoms with van der Waals surface area (Å²) in [5, 5.41) is 9.82. The van der Waals surface area contributed by atoms with Crippen molar-refractivity contribution < 1.29 is 14.7 Å². The lowest BCUT2D eigenvalue weighted by Crippen LogP contribution is -2.63. The maximum Gasteiger partial charge on any atom is 0.308 e. The van der Waals surface area contributed by atoms with Crippen LogP contribution < -0.4 is 4.90 Å². The molecule has 3 fully saturated rings. The Morgan fingerprint density at radius 3 is 2.71 bits per heavy atom. The number of carbonyl (C=O) groups excluding carboxylic acids is 1. The molecule has 28 heavy (non-hydrogen) atoms. The predicted octanol–water partition coefficient (Wildman–Crippen LogP) is 1.84. The molecule has 1 aromatic rings. The van der Waals surface area contributed by atoms with Gasteiger partial charge in [0.15, 0.2) is 0 Å². The normalized spacial score (nSPS) is 31.2. The molecule has 4 aliphatic rings. The highest BCUT2D eigenvalue weighted by atomic mass is 16.4. The Hall–Kier alpha value is -2.08. The molecule has 150 valence electrons. The Morgan fingerprint density at radius 2 is 1.96 bits per heavy atom. The fourth-order valence-electron chi connectivity index (χ4n) is 5.83. The zero-order valence-corrected chi connectivity index (χ0v) is 16.5. The first-order valence-corrected chi connectivity index (χ1v) is 10.5. The Kier molecular flexibility index (Phi) is 4.16. The highest BCUT2D eigenvalue weighted by Crippen LogP contribution is 2.54. The fourth-order valence-corrected chi connectivity index (χ4v) is 5.83. The van der Waals surface area contributed by atoms with Crippen LogP contribution in [0.25, 0.3) is 0 Å². The van der Waals surface area contributed by atoms with Crippen LogP contribution in [0.1, 0.15) is 31.2 Å². The molecule has 1 N–H and O–H groups in total. The third kappa shape index (κ3) is 2.89. The number of carbonyl (C=O) groups is 2. The summed E-state index contributed by atoms with van der Waals surface area (Å²) in [5.41, 5.74) is 2.85. The van der Waals surface area contributed by atoms with Crippen molar-refractivity contribution in [3.63, 3.8) is 0 Å². The number of anilines is 1. The molecule has 3 atom stereocenters. The maximum atomic E-state index is 13.4. The minimum atomic E-state index is -0.818. The number of hydrogen-bond donors (Lipinski definition) is 1. The van der Waals surface area contributed by atoms with Crippen LogP contribution in [0.5, 0.6) is 0 Å². The molecule has 3 unspecified atom stereocenters. The highest BCUT2D eigenvalue weighted by Gasteiger charge is 2.55. The minimum Gasteiger partial charge on any atom is -0.481 e. The van der Waals surface area contributed by atoms with Crippen LogP contribution in [-0.2, 0) is 16.0 Å².